The zero-order valence-corrected chi connectivity index (χ0v) is 7.71. The fraction of sp³-hybridized carbons (Fsp3) is 1.00. The van der Waals surface area contributed by atoms with Crippen molar-refractivity contribution in [1.82, 2.24) is 10.6 Å². The van der Waals surface area contributed by atoms with Gasteiger partial charge in [-0.2, -0.15) is 0 Å². The minimum absolute atomic E-state index is 0.0548. The van der Waals surface area contributed by atoms with Crippen molar-refractivity contribution in [3.63, 3.8) is 0 Å². The average Bonchev–Trinajstić information content (AvgIpc) is 2.09. The standard InChI is InChI=1S/C8H20N2O2/c1-8(5-10-7-12)3-2-4-9-6-11/h8-12H,2-7H2,1H3. The summed E-state index contributed by atoms with van der Waals surface area (Å²) in [6.07, 6.45) is 2.18. The Hall–Kier alpha value is -0.160. The molecule has 0 aromatic heterocycles. The third-order valence-corrected chi connectivity index (χ3v) is 1.77. The van der Waals surface area contributed by atoms with Crippen molar-refractivity contribution < 1.29 is 10.2 Å². The smallest absolute Gasteiger partial charge is 0.0931 e. The van der Waals surface area contributed by atoms with Crippen LogP contribution in [0.15, 0.2) is 0 Å². The molecule has 0 radical (unpaired) electrons. The van der Waals surface area contributed by atoms with Gasteiger partial charge in [-0.1, -0.05) is 6.92 Å². The van der Waals surface area contributed by atoms with E-state index in [-0.39, 0.29) is 13.5 Å². The molecule has 0 aliphatic heterocycles. The molecule has 0 aliphatic carbocycles. The summed E-state index contributed by atoms with van der Waals surface area (Å²) in [6.45, 7) is 3.97. The lowest BCUT2D eigenvalue weighted by atomic mass is 10.1. The summed E-state index contributed by atoms with van der Waals surface area (Å²) in [5.74, 6) is 0.581. The number of aliphatic hydroxyl groups is 2. The lowest BCUT2D eigenvalue weighted by Crippen LogP contribution is -2.23. The maximum atomic E-state index is 8.47. The molecule has 0 aromatic rings. The van der Waals surface area contributed by atoms with E-state index in [1.165, 1.54) is 0 Å². The summed E-state index contributed by atoms with van der Waals surface area (Å²) >= 11 is 0. The SMILES string of the molecule is CC(CCCNCO)CNCO. The quantitative estimate of drug-likeness (QED) is 0.297. The topological polar surface area (TPSA) is 64.5 Å². The van der Waals surface area contributed by atoms with Crippen LogP contribution in [0, 0.1) is 5.92 Å². The second kappa shape index (κ2) is 8.93. The van der Waals surface area contributed by atoms with E-state index < -0.39 is 0 Å². The Kier molecular flexibility index (Phi) is 8.81. The third kappa shape index (κ3) is 7.94. The summed E-state index contributed by atoms with van der Waals surface area (Å²) in [5, 5.41) is 22.6. The van der Waals surface area contributed by atoms with Crippen LogP contribution in [0.4, 0.5) is 0 Å². The monoisotopic (exact) mass is 176 g/mol. The van der Waals surface area contributed by atoms with Crippen molar-refractivity contribution >= 4 is 0 Å². The molecule has 4 heteroatoms. The molecule has 4 nitrogen and oxygen atoms in total. The predicted octanol–water partition coefficient (Wildman–Crippen LogP) is -0.518. The van der Waals surface area contributed by atoms with E-state index in [1.807, 2.05) is 0 Å². The molecule has 0 heterocycles. The maximum Gasteiger partial charge on any atom is 0.0931 e. The molecule has 0 rings (SSSR count). The van der Waals surface area contributed by atoms with Crippen LogP contribution in [0.3, 0.4) is 0 Å². The summed E-state index contributed by atoms with van der Waals surface area (Å²) in [5.41, 5.74) is 0. The first-order valence-electron chi connectivity index (χ1n) is 4.44. The van der Waals surface area contributed by atoms with Gasteiger partial charge in [-0.05, 0) is 31.8 Å². The van der Waals surface area contributed by atoms with Gasteiger partial charge in [0, 0.05) is 0 Å². The summed E-state index contributed by atoms with van der Waals surface area (Å²) in [7, 11) is 0. The second-order valence-electron chi connectivity index (χ2n) is 3.02. The van der Waals surface area contributed by atoms with Gasteiger partial charge in [0.2, 0.25) is 0 Å². The second-order valence-corrected chi connectivity index (χ2v) is 3.02. The molecule has 0 amide bonds. The normalized spacial score (nSPS) is 13.2. The van der Waals surface area contributed by atoms with Gasteiger partial charge < -0.3 is 10.2 Å². The Bertz CT molecular complexity index is 91.1. The summed E-state index contributed by atoms with van der Waals surface area (Å²) in [6, 6.07) is 0. The van der Waals surface area contributed by atoms with Gasteiger partial charge in [0.1, 0.15) is 0 Å². The van der Waals surface area contributed by atoms with Crippen LogP contribution in [0.5, 0.6) is 0 Å². The van der Waals surface area contributed by atoms with E-state index in [2.05, 4.69) is 17.6 Å². The largest absolute Gasteiger partial charge is 0.381 e. The van der Waals surface area contributed by atoms with Crippen LogP contribution in [0.2, 0.25) is 0 Å². The van der Waals surface area contributed by atoms with E-state index in [0.717, 1.165) is 25.9 Å². The molecule has 0 bridgehead atoms. The molecule has 0 aliphatic rings. The molecule has 0 aromatic carbocycles. The lowest BCUT2D eigenvalue weighted by Gasteiger charge is -2.10. The molecule has 74 valence electrons. The summed E-state index contributed by atoms with van der Waals surface area (Å²) in [4.78, 5) is 0. The molecule has 0 saturated heterocycles. The number of nitrogens with one attached hydrogen (secondary N) is 2. The highest BCUT2D eigenvalue weighted by Crippen LogP contribution is 2.02. The number of rotatable bonds is 8. The van der Waals surface area contributed by atoms with Crippen molar-refractivity contribution in [1.29, 1.82) is 0 Å². The number of hydrogen-bond acceptors (Lipinski definition) is 4. The molecule has 0 spiro atoms. The first-order valence-corrected chi connectivity index (χ1v) is 4.44. The Balaban J connectivity index is 3.02. The van der Waals surface area contributed by atoms with E-state index in [4.69, 9.17) is 10.2 Å². The van der Waals surface area contributed by atoms with Gasteiger partial charge >= 0.3 is 0 Å². The number of aliphatic hydroxyl groups excluding tert-OH is 2. The van der Waals surface area contributed by atoms with Crippen molar-refractivity contribution in [2.45, 2.75) is 19.8 Å². The average molecular weight is 176 g/mol. The molecule has 0 saturated carbocycles. The zero-order valence-electron chi connectivity index (χ0n) is 7.71. The van der Waals surface area contributed by atoms with Crippen molar-refractivity contribution in [2.24, 2.45) is 5.92 Å². The van der Waals surface area contributed by atoms with Gasteiger partial charge in [-0.3, -0.25) is 10.6 Å². The molecule has 0 fully saturated rings. The molecule has 1 unspecified atom stereocenters. The Morgan fingerprint density at radius 1 is 1.17 bits per heavy atom. The van der Waals surface area contributed by atoms with Crippen molar-refractivity contribution in [3.05, 3.63) is 0 Å². The van der Waals surface area contributed by atoms with Crippen LogP contribution >= 0.6 is 0 Å². The van der Waals surface area contributed by atoms with Crippen LogP contribution < -0.4 is 10.6 Å². The predicted molar refractivity (Wildman–Crippen MR) is 48.6 cm³/mol. The minimum atomic E-state index is 0.0548. The maximum absolute atomic E-state index is 8.47. The lowest BCUT2D eigenvalue weighted by molar-refractivity contribution is 0.246. The number of hydrogen-bond donors (Lipinski definition) is 4. The van der Waals surface area contributed by atoms with E-state index in [0.29, 0.717) is 5.92 Å². The highest BCUT2D eigenvalue weighted by molar-refractivity contribution is 4.56. The van der Waals surface area contributed by atoms with Crippen LogP contribution in [-0.2, 0) is 0 Å². The van der Waals surface area contributed by atoms with E-state index in [9.17, 15) is 0 Å². The first kappa shape index (κ1) is 11.8. The zero-order chi connectivity index (χ0) is 9.23. The molecular formula is C8H20N2O2. The molecule has 12 heavy (non-hydrogen) atoms. The first-order chi connectivity index (χ1) is 5.81. The van der Waals surface area contributed by atoms with Gasteiger partial charge in [0.05, 0.1) is 13.5 Å². The molecular weight excluding hydrogens is 156 g/mol. The minimum Gasteiger partial charge on any atom is -0.381 e. The van der Waals surface area contributed by atoms with Gasteiger partial charge in [-0.25, -0.2) is 0 Å². The fourth-order valence-electron chi connectivity index (χ4n) is 1.07. The van der Waals surface area contributed by atoms with E-state index >= 15 is 0 Å². The Labute approximate surface area is 74.0 Å². The third-order valence-electron chi connectivity index (χ3n) is 1.77. The van der Waals surface area contributed by atoms with Crippen molar-refractivity contribution in [3.8, 4) is 0 Å². The highest BCUT2D eigenvalue weighted by Gasteiger charge is 1.99. The highest BCUT2D eigenvalue weighted by atomic mass is 16.3. The van der Waals surface area contributed by atoms with Crippen LogP contribution in [0.25, 0.3) is 0 Å². The Morgan fingerprint density at radius 3 is 2.42 bits per heavy atom. The van der Waals surface area contributed by atoms with Crippen molar-refractivity contribution in [2.75, 3.05) is 26.6 Å². The van der Waals surface area contributed by atoms with Gasteiger partial charge in [-0.15, -0.1) is 0 Å². The molecule has 4 N–H and O–H groups in total. The summed E-state index contributed by atoms with van der Waals surface area (Å²) < 4.78 is 0. The van der Waals surface area contributed by atoms with Crippen LogP contribution in [0.1, 0.15) is 19.8 Å². The van der Waals surface area contributed by atoms with Gasteiger partial charge in [0.25, 0.3) is 0 Å². The van der Waals surface area contributed by atoms with E-state index in [1.54, 1.807) is 0 Å². The van der Waals surface area contributed by atoms with Gasteiger partial charge in [0.15, 0.2) is 0 Å². The fourth-order valence-corrected chi connectivity index (χ4v) is 1.07. The Morgan fingerprint density at radius 2 is 1.83 bits per heavy atom. The van der Waals surface area contributed by atoms with Crippen LogP contribution in [-0.4, -0.2) is 36.8 Å². The molecule has 1 atom stereocenters.